The maximum Gasteiger partial charge on any atom is 0.242 e. The molecule has 0 spiro atoms. The van der Waals surface area contributed by atoms with Gasteiger partial charge in [-0.15, -0.1) is 15.3 Å². The maximum atomic E-state index is 12.3. The van der Waals surface area contributed by atoms with Crippen molar-refractivity contribution in [3.63, 3.8) is 0 Å². The number of rotatable bonds is 3. The summed E-state index contributed by atoms with van der Waals surface area (Å²) in [5.41, 5.74) is 1.66. The zero-order valence-electron chi connectivity index (χ0n) is 12.8. The lowest BCUT2D eigenvalue weighted by Gasteiger charge is -2.24. The van der Waals surface area contributed by atoms with Gasteiger partial charge in [-0.05, 0) is 25.5 Å². The lowest BCUT2D eigenvalue weighted by Crippen LogP contribution is -2.42. The molecular weight excluding hydrogens is 294 g/mol. The van der Waals surface area contributed by atoms with Gasteiger partial charge in [0.25, 0.3) is 0 Å². The number of fused-ring (bicyclic) bond motifs is 2. The monoisotopic (exact) mass is 311 g/mol. The summed E-state index contributed by atoms with van der Waals surface area (Å²) in [6, 6.07) is 7.71. The second kappa shape index (κ2) is 5.45. The van der Waals surface area contributed by atoms with Crippen molar-refractivity contribution in [3.05, 3.63) is 35.9 Å². The van der Waals surface area contributed by atoms with E-state index in [0.717, 1.165) is 42.1 Å². The summed E-state index contributed by atoms with van der Waals surface area (Å²) < 4.78 is 3.70. The molecule has 0 unspecified atom stereocenters. The molecule has 8 heteroatoms. The second-order valence-electron chi connectivity index (χ2n) is 5.81. The van der Waals surface area contributed by atoms with Gasteiger partial charge in [-0.1, -0.05) is 17.3 Å². The molecule has 8 nitrogen and oxygen atoms in total. The third kappa shape index (κ3) is 2.56. The van der Waals surface area contributed by atoms with E-state index < -0.39 is 0 Å². The van der Waals surface area contributed by atoms with Crippen LogP contribution in [0.3, 0.4) is 0 Å². The number of nitrogens with one attached hydrogen (secondary N) is 1. The molecule has 0 saturated carbocycles. The molecule has 0 fully saturated rings. The Hall–Kier alpha value is -2.77. The predicted octanol–water partition coefficient (Wildman–Crippen LogP) is 0.462. The minimum absolute atomic E-state index is 0.0557. The van der Waals surface area contributed by atoms with Crippen molar-refractivity contribution in [2.24, 2.45) is 0 Å². The Kier molecular flexibility index (Phi) is 3.29. The molecule has 4 rings (SSSR count). The molecule has 1 aliphatic rings. The standard InChI is InChI=1S/C15H17N7O/c1-10-17-19-14-7-6-11(8-21(10)14)16-15(23)9-22-13-5-3-2-4-12(13)18-20-22/h2-5,11H,6-9H2,1H3,(H,16,23)/t11-/m0/s1. The Labute approximate surface area is 132 Å². The number of hydrogen-bond acceptors (Lipinski definition) is 5. The Morgan fingerprint density at radius 1 is 1.30 bits per heavy atom. The van der Waals surface area contributed by atoms with Crippen molar-refractivity contribution < 1.29 is 4.79 Å². The van der Waals surface area contributed by atoms with Gasteiger partial charge in [-0.25, -0.2) is 4.68 Å². The summed E-state index contributed by atoms with van der Waals surface area (Å²) in [5.74, 6) is 1.83. The van der Waals surface area contributed by atoms with Crippen LogP contribution in [0.1, 0.15) is 18.1 Å². The van der Waals surface area contributed by atoms with Crippen molar-refractivity contribution in [3.8, 4) is 0 Å². The fraction of sp³-hybridized carbons (Fsp3) is 0.400. The van der Waals surface area contributed by atoms with Crippen LogP contribution in [0.5, 0.6) is 0 Å². The van der Waals surface area contributed by atoms with E-state index in [9.17, 15) is 4.79 Å². The highest BCUT2D eigenvalue weighted by Gasteiger charge is 2.23. The molecule has 118 valence electrons. The molecule has 0 aliphatic carbocycles. The Morgan fingerprint density at radius 2 is 2.17 bits per heavy atom. The first-order valence-corrected chi connectivity index (χ1v) is 7.67. The number of carbonyl (C=O) groups excluding carboxylic acids is 1. The lowest BCUT2D eigenvalue weighted by molar-refractivity contribution is -0.122. The first-order valence-electron chi connectivity index (χ1n) is 7.67. The van der Waals surface area contributed by atoms with Crippen LogP contribution in [-0.2, 0) is 24.3 Å². The molecule has 1 N–H and O–H groups in total. The van der Waals surface area contributed by atoms with Crippen LogP contribution >= 0.6 is 0 Å². The van der Waals surface area contributed by atoms with Crippen LogP contribution in [0.25, 0.3) is 11.0 Å². The first kappa shape index (κ1) is 13.9. The SMILES string of the molecule is Cc1nnc2n1C[C@@H](NC(=O)Cn1nnc3ccccc31)CC2. The number of hydrogen-bond donors (Lipinski definition) is 1. The molecule has 1 aliphatic heterocycles. The normalized spacial score (nSPS) is 17.2. The fourth-order valence-corrected chi connectivity index (χ4v) is 3.02. The van der Waals surface area contributed by atoms with Gasteiger partial charge < -0.3 is 9.88 Å². The Bertz CT molecular complexity index is 866. The molecule has 0 bridgehead atoms. The van der Waals surface area contributed by atoms with Gasteiger partial charge in [0.05, 0.1) is 5.52 Å². The fourth-order valence-electron chi connectivity index (χ4n) is 3.02. The van der Waals surface area contributed by atoms with Crippen molar-refractivity contribution in [1.82, 2.24) is 35.1 Å². The molecule has 3 heterocycles. The summed E-state index contributed by atoms with van der Waals surface area (Å²) in [4.78, 5) is 12.3. The van der Waals surface area contributed by atoms with Crippen molar-refractivity contribution in [2.75, 3.05) is 0 Å². The van der Waals surface area contributed by atoms with Gasteiger partial charge in [-0.3, -0.25) is 4.79 Å². The third-order valence-corrected chi connectivity index (χ3v) is 4.21. The average Bonchev–Trinajstić information content (AvgIpc) is 3.12. The van der Waals surface area contributed by atoms with Crippen LogP contribution < -0.4 is 5.32 Å². The van der Waals surface area contributed by atoms with Gasteiger partial charge >= 0.3 is 0 Å². The molecule has 0 radical (unpaired) electrons. The molecule has 1 atom stereocenters. The van der Waals surface area contributed by atoms with E-state index in [0.29, 0.717) is 0 Å². The summed E-state index contributed by atoms with van der Waals surface area (Å²) in [5, 5.41) is 19.4. The highest BCUT2D eigenvalue weighted by atomic mass is 16.2. The number of para-hydroxylation sites is 1. The lowest BCUT2D eigenvalue weighted by atomic mass is 10.1. The number of nitrogens with zero attached hydrogens (tertiary/aromatic N) is 6. The van der Waals surface area contributed by atoms with Gasteiger partial charge in [0, 0.05) is 19.0 Å². The zero-order valence-corrected chi connectivity index (χ0v) is 12.8. The summed E-state index contributed by atoms with van der Waals surface area (Å²) in [6.07, 6.45) is 1.71. The smallest absolute Gasteiger partial charge is 0.242 e. The highest BCUT2D eigenvalue weighted by Crippen LogP contribution is 2.15. The maximum absolute atomic E-state index is 12.3. The predicted molar refractivity (Wildman–Crippen MR) is 82.5 cm³/mol. The molecule has 1 aromatic carbocycles. The first-order chi connectivity index (χ1) is 11.2. The van der Waals surface area contributed by atoms with E-state index in [1.54, 1.807) is 4.68 Å². The van der Waals surface area contributed by atoms with Crippen LogP contribution in [-0.4, -0.2) is 41.7 Å². The molecule has 0 saturated heterocycles. The quantitative estimate of drug-likeness (QED) is 0.759. The van der Waals surface area contributed by atoms with Gasteiger partial charge in [0.1, 0.15) is 23.7 Å². The minimum atomic E-state index is -0.0557. The summed E-state index contributed by atoms with van der Waals surface area (Å²) >= 11 is 0. The van der Waals surface area contributed by atoms with Crippen molar-refractivity contribution in [1.29, 1.82) is 0 Å². The molecule has 1 amide bonds. The van der Waals surface area contributed by atoms with E-state index in [-0.39, 0.29) is 18.5 Å². The van der Waals surface area contributed by atoms with Crippen LogP contribution in [0.15, 0.2) is 24.3 Å². The Balaban J connectivity index is 1.44. The number of benzene rings is 1. The summed E-state index contributed by atoms with van der Waals surface area (Å²) in [7, 11) is 0. The van der Waals surface area contributed by atoms with Crippen LogP contribution in [0, 0.1) is 6.92 Å². The summed E-state index contributed by atoms with van der Waals surface area (Å²) in [6.45, 7) is 2.82. The number of carbonyl (C=O) groups is 1. The van der Waals surface area contributed by atoms with Crippen molar-refractivity contribution in [2.45, 2.75) is 38.9 Å². The largest absolute Gasteiger partial charge is 0.350 e. The van der Waals surface area contributed by atoms with E-state index in [4.69, 9.17) is 0 Å². The topological polar surface area (TPSA) is 90.5 Å². The number of aryl methyl sites for hydroxylation is 2. The molecule has 2 aromatic heterocycles. The van der Waals surface area contributed by atoms with Gasteiger partial charge in [0.15, 0.2) is 0 Å². The van der Waals surface area contributed by atoms with Crippen LogP contribution in [0.2, 0.25) is 0 Å². The van der Waals surface area contributed by atoms with E-state index in [1.807, 2.05) is 31.2 Å². The van der Waals surface area contributed by atoms with E-state index in [2.05, 4.69) is 30.4 Å². The Morgan fingerprint density at radius 3 is 3.09 bits per heavy atom. The highest BCUT2D eigenvalue weighted by molar-refractivity contribution is 5.79. The number of amides is 1. The van der Waals surface area contributed by atoms with Crippen LogP contribution in [0.4, 0.5) is 0 Å². The molecule has 3 aromatic rings. The minimum Gasteiger partial charge on any atom is -0.350 e. The third-order valence-electron chi connectivity index (χ3n) is 4.21. The van der Waals surface area contributed by atoms with E-state index in [1.165, 1.54) is 0 Å². The average molecular weight is 311 g/mol. The van der Waals surface area contributed by atoms with E-state index >= 15 is 0 Å². The van der Waals surface area contributed by atoms with Gasteiger partial charge in [0.2, 0.25) is 5.91 Å². The van der Waals surface area contributed by atoms with Crippen molar-refractivity contribution >= 4 is 16.9 Å². The molecule has 23 heavy (non-hydrogen) atoms. The second-order valence-corrected chi connectivity index (χ2v) is 5.81. The van der Waals surface area contributed by atoms with Gasteiger partial charge in [-0.2, -0.15) is 0 Å². The molecular formula is C15H17N7O. The zero-order chi connectivity index (χ0) is 15.8. The number of aromatic nitrogens is 6.